The highest BCUT2D eigenvalue weighted by Crippen LogP contribution is 2.61. The molecule has 0 aromatic carbocycles. The molecule has 23 heavy (non-hydrogen) atoms. The van der Waals surface area contributed by atoms with Gasteiger partial charge in [0.15, 0.2) is 0 Å². The monoisotopic (exact) mass is 333 g/mol. The number of carbonyl (C=O) groups excluding carboxylic acids is 1. The molecule has 0 radical (unpaired) electrons. The minimum absolute atomic E-state index is 0.0595. The molecule has 4 bridgehead atoms. The van der Waals surface area contributed by atoms with Gasteiger partial charge in [-0.3, -0.25) is 10.1 Å². The minimum atomic E-state index is -0.304. The summed E-state index contributed by atoms with van der Waals surface area (Å²) in [5, 5.41) is 13.5. The van der Waals surface area contributed by atoms with Crippen LogP contribution in [0.25, 0.3) is 0 Å². The number of nitrogens with zero attached hydrogens (tertiary/aromatic N) is 2. The summed E-state index contributed by atoms with van der Waals surface area (Å²) in [6, 6.07) is 0. The first-order valence-electron chi connectivity index (χ1n) is 8.97. The lowest BCUT2D eigenvalue weighted by Crippen LogP contribution is -2.48. The lowest BCUT2D eigenvalue weighted by Gasteiger charge is -2.55. The van der Waals surface area contributed by atoms with Gasteiger partial charge in [-0.1, -0.05) is 11.3 Å². The second-order valence-electron chi connectivity index (χ2n) is 8.10. The van der Waals surface area contributed by atoms with Crippen molar-refractivity contribution in [1.29, 1.82) is 0 Å². The molecule has 6 rings (SSSR count). The van der Waals surface area contributed by atoms with E-state index in [-0.39, 0.29) is 17.4 Å². The van der Waals surface area contributed by atoms with E-state index in [0.717, 1.165) is 30.6 Å². The highest BCUT2D eigenvalue weighted by molar-refractivity contribution is 7.15. The quantitative estimate of drug-likeness (QED) is 0.923. The van der Waals surface area contributed by atoms with Crippen LogP contribution in [0.5, 0.6) is 0 Å². The van der Waals surface area contributed by atoms with Gasteiger partial charge < -0.3 is 4.74 Å². The highest BCUT2D eigenvalue weighted by Gasteiger charge is 2.53. The smallest absolute Gasteiger partial charge is 0.255 e. The van der Waals surface area contributed by atoms with Crippen LogP contribution in [0, 0.1) is 17.8 Å². The maximum absolute atomic E-state index is 12.2. The summed E-state index contributed by atoms with van der Waals surface area (Å²) in [7, 11) is 0. The number of aromatic nitrogens is 2. The van der Waals surface area contributed by atoms with Crippen molar-refractivity contribution in [3.63, 3.8) is 0 Å². The molecule has 2 heterocycles. The normalized spacial score (nSPS) is 41.4. The molecule has 0 spiro atoms. The second-order valence-corrected chi connectivity index (χ2v) is 9.08. The first-order chi connectivity index (χ1) is 11.2. The number of nitrogens with one attached hydrogen (secondary N) is 1. The van der Waals surface area contributed by atoms with Crippen molar-refractivity contribution in [2.24, 2.45) is 17.8 Å². The van der Waals surface area contributed by atoms with Crippen LogP contribution in [0.3, 0.4) is 0 Å². The summed E-state index contributed by atoms with van der Waals surface area (Å²) in [5.41, 5.74) is 0.263. The van der Waals surface area contributed by atoms with E-state index in [9.17, 15) is 4.79 Å². The number of amides is 1. The van der Waals surface area contributed by atoms with Gasteiger partial charge in [0, 0.05) is 12.0 Å². The molecule has 5 nitrogen and oxygen atoms in total. The van der Waals surface area contributed by atoms with E-state index < -0.39 is 0 Å². The van der Waals surface area contributed by atoms with Crippen LogP contribution in [-0.4, -0.2) is 28.8 Å². The fourth-order valence-corrected chi connectivity index (χ4v) is 6.80. The Morgan fingerprint density at radius 3 is 2.43 bits per heavy atom. The second kappa shape index (κ2) is 5.24. The van der Waals surface area contributed by atoms with Gasteiger partial charge in [0.2, 0.25) is 5.13 Å². The number of ether oxygens (including phenoxy) is 1. The Bertz CT molecular complexity index is 588. The van der Waals surface area contributed by atoms with Gasteiger partial charge in [0.25, 0.3) is 5.91 Å². The van der Waals surface area contributed by atoms with E-state index in [0.29, 0.717) is 11.7 Å². The zero-order valence-electron chi connectivity index (χ0n) is 13.3. The number of anilines is 1. The van der Waals surface area contributed by atoms with Crippen molar-refractivity contribution in [2.75, 3.05) is 11.9 Å². The summed E-state index contributed by atoms with van der Waals surface area (Å²) < 4.78 is 5.44. The topological polar surface area (TPSA) is 64.1 Å². The van der Waals surface area contributed by atoms with E-state index in [1.54, 1.807) is 11.3 Å². The van der Waals surface area contributed by atoms with Crippen molar-refractivity contribution < 1.29 is 9.53 Å². The first-order valence-corrected chi connectivity index (χ1v) is 9.78. The number of hydrogen-bond donors (Lipinski definition) is 1. The van der Waals surface area contributed by atoms with Gasteiger partial charge in [-0.25, -0.2) is 0 Å². The Hall–Kier alpha value is -1.01. The SMILES string of the molecule is O=C(Nc1nnc(C23CC4CC(CC(C4)C2)C3)s1)C1CCCO1. The fourth-order valence-electron chi connectivity index (χ4n) is 5.83. The molecule has 1 atom stereocenters. The van der Waals surface area contributed by atoms with Crippen molar-refractivity contribution in [3.8, 4) is 0 Å². The van der Waals surface area contributed by atoms with E-state index in [2.05, 4.69) is 15.5 Å². The van der Waals surface area contributed by atoms with Crippen molar-refractivity contribution >= 4 is 22.4 Å². The van der Waals surface area contributed by atoms with Gasteiger partial charge in [-0.2, -0.15) is 0 Å². The average molecular weight is 333 g/mol. The van der Waals surface area contributed by atoms with Gasteiger partial charge in [0.1, 0.15) is 11.1 Å². The van der Waals surface area contributed by atoms with Crippen molar-refractivity contribution in [3.05, 3.63) is 5.01 Å². The van der Waals surface area contributed by atoms with Gasteiger partial charge >= 0.3 is 0 Å². The molecule has 4 aliphatic carbocycles. The van der Waals surface area contributed by atoms with Gasteiger partial charge in [-0.05, 0) is 69.1 Å². The zero-order valence-corrected chi connectivity index (χ0v) is 14.1. The van der Waals surface area contributed by atoms with E-state index in [1.165, 1.54) is 43.5 Å². The first kappa shape index (κ1) is 14.3. The Kier molecular flexibility index (Phi) is 3.27. The molecular weight excluding hydrogens is 310 g/mol. The average Bonchev–Trinajstić information content (AvgIpc) is 3.17. The number of carbonyl (C=O) groups is 1. The standard InChI is InChI=1S/C17H23N3O2S/c21-14(13-2-1-3-22-13)18-16-20-19-15(23-16)17-7-10-4-11(8-17)6-12(5-10)9-17/h10-13H,1-9H2,(H,18,20,21). The number of hydrogen-bond acceptors (Lipinski definition) is 5. The lowest BCUT2D eigenvalue weighted by molar-refractivity contribution is -0.124. The predicted octanol–water partition coefficient (Wildman–Crippen LogP) is 3.12. The molecule has 1 N–H and O–H groups in total. The molecule has 1 aromatic heterocycles. The third-order valence-electron chi connectivity index (χ3n) is 6.37. The van der Waals surface area contributed by atoms with Crippen molar-refractivity contribution in [2.45, 2.75) is 62.9 Å². The lowest BCUT2D eigenvalue weighted by atomic mass is 9.50. The molecule has 124 valence electrons. The maximum atomic E-state index is 12.2. The molecular formula is C17H23N3O2S. The third-order valence-corrected chi connectivity index (χ3v) is 7.45. The Morgan fingerprint density at radius 2 is 1.83 bits per heavy atom. The summed E-state index contributed by atoms with van der Waals surface area (Å²) in [6.07, 6.45) is 9.62. The van der Waals surface area contributed by atoms with Crippen molar-refractivity contribution in [1.82, 2.24) is 10.2 Å². The van der Waals surface area contributed by atoms with Gasteiger partial charge in [-0.15, -0.1) is 10.2 Å². The minimum Gasteiger partial charge on any atom is -0.368 e. The van der Waals surface area contributed by atoms with E-state index >= 15 is 0 Å². The van der Waals surface area contributed by atoms with E-state index in [1.807, 2.05) is 0 Å². The van der Waals surface area contributed by atoms with Crippen LogP contribution < -0.4 is 5.32 Å². The van der Waals surface area contributed by atoms with Crippen LogP contribution in [0.4, 0.5) is 5.13 Å². The fraction of sp³-hybridized carbons (Fsp3) is 0.824. The van der Waals surface area contributed by atoms with Gasteiger partial charge in [0.05, 0.1) is 0 Å². The maximum Gasteiger partial charge on any atom is 0.255 e. The summed E-state index contributed by atoms with van der Waals surface area (Å²) >= 11 is 1.60. The summed E-state index contributed by atoms with van der Waals surface area (Å²) in [4.78, 5) is 12.2. The molecule has 1 saturated heterocycles. The van der Waals surface area contributed by atoms with Crippen LogP contribution in [0.2, 0.25) is 0 Å². The highest BCUT2D eigenvalue weighted by atomic mass is 32.1. The van der Waals surface area contributed by atoms with Crippen LogP contribution in [-0.2, 0) is 14.9 Å². The largest absolute Gasteiger partial charge is 0.368 e. The summed E-state index contributed by atoms with van der Waals surface area (Å²) in [5.74, 6) is 2.64. The molecule has 4 saturated carbocycles. The van der Waals surface area contributed by atoms with E-state index in [4.69, 9.17) is 4.74 Å². The molecule has 6 heteroatoms. The molecule has 5 fully saturated rings. The molecule has 5 aliphatic rings. The number of rotatable bonds is 3. The zero-order chi connectivity index (χ0) is 15.4. The van der Waals surface area contributed by atoms with Crippen LogP contribution in [0.15, 0.2) is 0 Å². The van der Waals surface area contributed by atoms with Crippen LogP contribution in [0.1, 0.15) is 56.4 Å². The Morgan fingerprint density at radius 1 is 1.13 bits per heavy atom. The Balaban J connectivity index is 1.34. The Labute approximate surface area is 140 Å². The third kappa shape index (κ3) is 2.41. The molecule has 1 aromatic rings. The molecule has 1 aliphatic heterocycles. The summed E-state index contributed by atoms with van der Waals surface area (Å²) in [6.45, 7) is 0.687. The van der Waals surface area contributed by atoms with Crippen LogP contribution >= 0.6 is 11.3 Å². The predicted molar refractivity (Wildman–Crippen MR) is 87.4 cm³/mol. The molecule has 1 unspecified atom stereocenters. The molecule has 1 amide bonds.